The van der Waals surface area contributed by atoms with Crippen molar-refractivity contribution in [2.75, 3.05) is 13.7 Å². The highest BCUT2D eigenvalue weighted by Gasteiger charge is 2.36. The maximum atomic E-state index is 10.1. The van der Waals surface area contributed by atoms with Gasteiger partial charge in [-0.15, -0.1) is 0 Å². The van der Waals surface area contributed by atoms with Crippen LogP contribution in [0, 0.1) is 5.92 Å². The van der Waals surface area contributed by atoms with Crippen LogP contribution in [0.15, 0.2) is 12.2 Å². The van der Waals surface area contributed by atoms with Crippen molar-refractivity contribution in [1.29, 1.82) is 0 Å². The summed E-state index contributed by atoms with van der Waals surface area (Å²) in [6, 6.07) is 0. The van der Waals surface area contributed by atoms with E-state index in [1.54, 1.807) is 7.11 Å². The van der Waals surface area contributed by atoms with Gasteiger partial charge >= 0.3 is 0 Å². The van der Waals surface area contributed by atoms with Crippen LogP contribution in [0.3, 0.4) is 0 Å². The summed E-state index contributed by atoms with van der Waals surface area (Å²) in [4.78, 5) is 0. The average Bonchev–Trinajstić information content (AvgIpc) is 2.43. The number of methoxy groups -OCH3 is 1. The minimum Gasteiger partial charge on any atom is -0.394 e. The van der Waals surface area contributed by atoms with Gasteiger partial charge in [-0.05, 0) is 19.3 Å². The van der Waals surface area contributed by atoms with Gasteiger partial charge in [0, 0.05) is 19.4 Å². The Kier molecular flexibility index (Phi) is 8.30. The third-order valence-corrected chi connectivity index (χ3v) is 3.72. The SMILES string of the molecule is CCCCC/C=C\C[C@H]1[C@H](O)C[C@@H](OC)O[C@@H]1CO. The number of ether oxygens (including phenoxy) is 2. The molecule has 19 heavy (non-hydrogen) atoms. The van der Waals surface area contributed by atoms with E-state index in [0.717, 1.165) is 12.8 Å². The highest BCUT2D eigenvalue weighted by Crippen LogP contribution is 2.28. The Hall–Kier alpha value is -0.420. The van der Waals surface area contributed by atoms with E-state index in [9.17, 15) is 10.2 Å². The van der Waals surface area contributed by atoms with Gasteiger partial charge in [0.2, 0.25) is 0 Å². The first-order chi connectivity index (χ1) is 9.22. The highest BCUT2D eigenvalue weighted by molar-refractivity contribution is 4.91. The lowest BCUT2D eigenvalue weighted by atomic mass is 9.88. The van der Waals surface area contributed by atoms with E-state index in [4.69, 9.17) is 9.47 Å². The molecule has 1 fully saturated rings. The van der Waals surface area contributed by atoms with Crippen LogP contribution in [0.4, 0.5) is 0 Å². The van der Waals surface area contributed by atoms with E-state index < -0.39 is 12.4 Å². The predicted octanol–water partition coefficient (Wildman–Crippen LogP) is 2.24. The largest absolute Gasteiger partial charge is 0.394 e. The first-order valence-corrected chi connectivity index (χ1v) is 7.35. The van der Waals surface area contributed by atoms with Crippen molar-refractivity contribution in [3.8, 4) is 0 Å². The lowest BCUT2D eigenvalue weighted by Crippen LogP contribution is -2.46. The molecule has 0 aromatic carbocycles. The van der Waals surface area contributed by atoms with Crippen molar-refractivity contribution in [3.63, 3.8) is 0 Å². The molecule has 0 aromatic rings. The zero-order valence-corrected chi connectivity index (χ0v) is 12.1. The van der Waals surface area contributed by atoms with Crippen LogP contribution in [0.2, 0.25) is 0 Å². The molecule has 4 heteroatoms. The van der Waals surface area contributed by atoms with Gasteiger partial charge in [0.1, 0.15) is 0 Å². The normalized spacial score (nSPS) is 32.0. The predicted molar refractivity (Wildman–Crippen MR) is 74.8 cm³/mol. The van der Waals surface area contributed by atoms with Crippen LogP contribution < -0.4 is 0 Å². The van der Waals surface area contributed by atoms with Crippen molar-refractivity contribution in [3.05, 3.63) is 12.2 Å². The van der Waals surface area contributed by atoms with Gasteiger partial charge in [-0.3, -0.25) is 0 Å². The molecular weight excluding hydrogens is 244 g/mol. The number of hydrogen-bond donors (Lipinski definition) is 2. The minimum atomic E-state index is -0.476. The Morgan fingerprint density at radius 3 is 2.74 bits per heavy atom. The van der Waals surface area contributed by atoms with Crippen molar-refractivity contribution >= 4 is 0 Å². The molecular formula is C15H28O4. The Balaban J connectivity index is 2.37. The molecule has 1 saturated heterocycles. The molecule has 0 saturated carbocycles. The molecule has 0 bridgehead atoms. The van der Waals surface area contributed by atoms with Crippen LogP contribution in [-0.2, 0) is 9.47 Å². The first kappa shape index (κ1) is 16.6. The van der Waals surface area contributed by atoms with E-state index in [1.807, 2.05) is 0 Å². The van der Waals surface area contributed by atoms with Gasteiger partial charge in [-0.2, -0.15) is 0 Å². The van der Waals surface area contributed by atoms with E-state index in [-0.39, 0.29) is 18.6 Å². The second kappa shape index (κ2) is 9.48. The number of aliphatic hydroxyl groups is 2. The molecule has 1 rings (SSSR count). The quantitative estimate of drug-likeness (QED) is 0.525. The van der Waals surface area contributed by atoms with Crippen molar-refractivity contribution < 1.29 is 19.7 Å². The van der Waals surface area contributed by atoms with Gasteiger partial charge in [0.25, 0.3) is 0 Å². The third-order valence-electron chi connectivity index (χ3n) is 3.72. The molecule has 4 nitrogen and oxygen atoms in total. The van der Waals surface area contributed by atoms with Crippen molar-refractivity contribution in [2.24, 2.45) is 5.92 Å². The molecule has 112 valence electrons. The molecule has 1 heterocycles. The summed E-state index contributed by atoms with van der Waals surface area (Å²) in [6.07, 6.45) is 9.05. The third kappa shape index (κ3) is 5.61. The van der Waals surface area contributed by atoms with Gasteiger partial charge in [-0.1, -0.05) is 31.9 Å². The fourth-order valence-corrected chi connectivity index (χ4v) is 2.49. The number of allylic oxidation sites excluding steroid dienone is 2. The molecule has 0 spiro atoms. The van der Waals surface area contributed by atoms with Crippen LogP contribution >= 0.6 is 0 Å². The summed E-state index contributed by atoms with van der Waals surface area (Å²) in [5.41, 5.74) is 0. The topological polar surface area (TPSA) is 58.9 Å². The summed E-state index contributed by atoms with van der Waals surface area (Å²) in [5, 5.41) is 19.5. The van der Waals surface area contributed by atoms with Crippen LogP contribution in [0.25, 0.3) is 0 Å². The van der Waals surface area contributed by atoms with Gasteiger partial charge in [0.05, 0.1) is 18.8 Å². The molecule has 0 radical (unpaired) electrons. The Labute approximate surface area is 116 Å². The van der Waals surface area contributed by atoms with Gasteiger partial charge in [0.15, 0.2) is 6.29 Å². The van der Waals surface area contributed by atoms with Crippen LogP contribution in [-0.4, -0.2) is 42.4 Å². The number of hydrogen-bond acceptors (Lipinski definition) is 4. The number of unbranched alkanes of at least 4 members (excludes halogenated alkanes) is 3. The molecule has 0 unspecified atom stereocenters. The molecule has 0 amide bonds. The Bertz CT molecular complexity index is 255. The lowest BCUT2D eigenvalue weighted by molar-refractivity contribution is -0.233. The Morgan fingerprint density at radius 1 is 1.32 bits per heavy atom. The second-order valence-electron chi connectivity index (χ2n) is 5.19. The lowest BCUT2D eigenvalue weighted by Gasteiger charge is -2.38. The average molecular weight is 272 g/mol. The molecule has 2 N–H and O–H groups in total. The summed E-state index contributed by atoms with van der Waals surface area (Å²) in [6.45, 7) is 2.11. The monoisotopic (exact) mass is 272 g/mol. The maximum Gasteiger partial charge on any atom is 0.160 e. The van der Waals surface area contributed by atoms with Crippen molar-refractivity contribution in [1.82, 2.24) is 0 Å². The van der Waals surface area contributed by atoms with Gasteiger partial charge < -0.3 is 19.7 Å². The number of aliphatic hydroxyl groups excluding tert-OH is 2. The zero-order valence-electron chi connectivity index (χ0n) is 12.1. The van der Waals surface area contributed by atoms with E-state index >= 15 is 0 Å². The van der Waals surface area contributed by atoms with Gasteiger partial charge in [-0.25, -0.2) is 0 Å². The van der Waals surface area contributed by atoms with E-state index in [0.29, 0.717) is 6.42 Å². The molecule has 4 atom stereocenters. The fourth-order valence-electron chi connectivity index (χ4n) is 2.49. The van der Waals surface area contributed by atoms with Crippen LogP contribution in [0.5, 0.6) is 0 Å². The summed E-state index contributed by atoms with van der Waals surface area (Å²) >= 11 is 0. The molecule has 1 aliphatic rings. The fraction of sp³-hybridized carbons (Fsp3) is 0.867. The maximum absolute atomic E-state index is 10.1. The highest BCUT2D eigenvalue weighted by atomic mass is 16.7. The smallest absolute Gasteiger partial charge is 0.160 e. The van der Waals surface area contributed by atoms with Crippen molar-refractivity contribution in [2.45, 2.75) is 63.9 Å². The number of rotatable bonds is 8. The summed E-state index contributed by atoms with van der Waals surface area (Å²) in [7, 11) is 1.56. The van der Waals surface area contributed by atoms with Crippen LogP contribution in [0.1, 0.15) is 45.4 Å². The first-order valence-electron chi connectivity index (χ1n) is 7.35. The standard InChI is InChI=1S/C15H28O4/c1-3-4-5-6-7-8-9-12-13(17)10-15(18-2)19-14(12)11-16/h7-8,12-17H,3-6,9-11H2,1-2H3/b8-7-/t12-,13+,14+,15-/m0/s1. The molecule has 0 aromatic heterocycles. The Morgan fingerprint density at radius 2 is 2.11 bits per heavy atom. The molecule has 1 aliphatic heterocycles. The van der Waals surface area contributed by atoms with E-state index in [1.165, 1.54) is 19.3 Å². The molecule has 0 aliphatic carbocycles. The zero-order chi connectivity index (χ0) is 14.1. The summed E-state index contributed by atoms with van der Waals surface area (Å²) in [5.74, 6) is -0.0428. The van der Waals surface area contributed by atoms with E-state index in [2.05, 4.69) is 19.1 Å². The minimum absolute atomic E-state index is 0.0428. The second-order valence-corrected chi connectivity index (χ2v) is 5.19. The summed E-state index contributed by atoms with van der Waals surface area (Å²) < 4.78 is 10.7.